The summed E-state index contributed by atoms with van der Waals surface area (Å²) in [5.74, 6) is 1.04. The number of nitrogens with zero attached hydrogens (tertiary/aromatic N) is 1. The van der Waals surface area contributed by atoms with Gasteiger partial charge < -0.3 is 10.1 Å². The lowest BCUT2D eigenvalue weighted by atomic mass is 10.0. The van der Waals surface area contributed by atoms with Crippen LogP contribution >= 0.6 is 0 Å². The van der Waals surface area contributed by atoms with Crippen LogP contribution in [0.15, 0.2) is 24.3 Å². The highest BCUT2D eigenvalue weighted by Gasteiger charge is 2.28. The van der Waals surface area contributed by atoms with Crippen molar-refractivity contribution in [2.24, 2.45) is 5.92 Å². The SMILES string of the molecule is COc1cccc([C@@H](C)NC2CCCC2C#N)c1. The Hall–Kier alpha value is -1.53. The van der Waals surface area contributed by atoms with Gasteiger partial charge in [-0.15, -0.1) is 0 Å². The number of ether oxygens (including phenoxy) is 1. The minimum absolute atomic E-state index is 0.165. The summed E-state index contributed by atoms with van der Waals surface area (Å²) in [6.07, 6.45) is 3.28. The number of hydrogen-bond acceptors (Lipinski definition) is 3. The highest BCUT2D eigenvalue weighted by molar-refractivity contribution is 5.30. The van der Waals surface area contributed by atoms with Crippen molar-refractivity contribution in [3.63, 3.8) is 0 Å². The van der Waals surface area contributed by atoms with Gasteiger partial charge in [0.25, 0.3) is 0 Å². The number of rotatable bonds is 4. The summed E-state index contributed by atoms with van der Waals surface area (Å²) in [4.78, 5) is 0. The lowest BCUT2D eigenvalue weighted by Crippen LogP contribution is -2.33. The molecule has 1 N–H and O–H groups in total. The van der Waals surface area contributed by atoms with E-state index in [-0.39, 0.29) is 12.0 Å². The Morgan fingerprint density at radius 2 is 2.28 bits per heavy atom. The number of methoxy groups -OCH3 is 1. The lowest BCUT2D eigenvalue weighted by molar-refractivity contribution is 0.405. The van der Waals surface area contributed by atoms with Crippen LogP contribution in [0.1, 0.15) is 37.8 Å². The van der Waals surface area contributed by atoms with E-state index in [4.69, 9.17) is 10.00 Å². The first kappa shape index (κ1) is 12.9. The van der Waals surface area contributed by atoms with Gasteiger partial charge in [-0.05, 0) is 37.5 Å². The molecule has 1 aromatic carbocycles. The minimum atomic E-state index is 0.165. The molecule has 3 atom stereocenters. The molecule has 2 rings (SSSR count). The van der Waals surface area contributed by atoms with E-state index in [0.717, 1.165) is 25.0 Å². The van der Waals surface area contributed by atoms with E-state index in [2.05, 4.69) is 24.4 Å². The summed E-state index contributed by atoms with van der Waals surface area (Å²) in [5.41, 5.74) is 1.21. The Morgan fingerprint density at radius 1 is 1.44 bits per heavy atom. The van der Waals surface area contributed by atoms with E-state index in [0.29, 0.717) is 6.04 Å². The second kappa shape index (κ2) is 5.88. The maximum atomic E-state index is 9.09. The molecule has 2 unspecified atom stereocenters. The molecule has 0 amide bonds. The van der Waals surface area contributed by atoms with Gasteiger partial charge in [0.15, 0.2) is 0 Å². The second-order valence-corrected chi connectivity index (χ2v) is 4.94. The van der Waals surface area contributed by atoms with Gasteiger partial charge in [0.2, 0.25) is 0 Å². The third-order valence-electron chi connectivity index (χ3n) is 3.74. The van der Waals surface area contributed by atoms with Gasteiger partial charge in [0.05, 0.1) is 19.1 Å². The fourth-order valence-corrected chi connectivity index (χ4v) is 2.64. The van der Waals surface area contributed by atoms with E-state index < -0.39 is 0 Å². The van der Waals surface area contributed by atoms with Gasteiger partial charge in [-0.1, -0.05) is 18.6 Å². The van der Waals surface area contributed by atoms with Crippen LogP contribution in [0.25, 0.3) is 0 Å². The molecule has 0 bridgehead atoms. The van der Waals surface area contributed by atoms with Gasteiger partial charge in [-0.3, -0.25) is 0 Å². The van der Waals surface area contributed by atoms with Crippen molar-refractivity contribution >= 4 is 0 Å². The van der Waals surface area contributed by atoms with Gasteiger partial charge in [-0.2, -0.15) is 5.26 Å². The predicted molar refractivity (Wildman–Crippen MR) is 71.3 cm³/mol. The quantitative estimate of drug-likeness (QED) is 0.885. The molecular formula is C15H20N2O. The van der Waals surface area contributed by atoms with E-state index in [1.807, 2.05) is 18.2 Å². The Bertz CT molecular complexity index is 438. The summed E-state index contributed by atoms with van der Waals surface area (Å²) < 4.78 is 5.24. The molecule has 0 aliphatic heterocycles. The molecule has 1 aliphatic carbocycles. The summed E-state index contributed by atoms with van der Waals surface area (Å²) in [6, 6.07) is 11.1. The maximum Gasteiger partial charge on any atom is 0.119 e. The van der Waals surface area contributed by atoms with Crippen molar-refractivity contribution in [3.05, 3.63) is 29.8 Å². The van der Waals surface area contributed by atoms with Crippen molar-refractivity contribution in [2.45, 2.75) is 38.3 Å². The van der Waals surface area contributed by atoms with Crippen LogP contribution < -0.4 is 10.1 Å². The smallest absolute Gasteiger partial charge is 0.119 e. The molecule has 0 aromatic heterocycles. The Balaban J connectivity index is 2.03. The third kappa shape index (κ3) is 2.83. The molecule has 1 aliphatic rings. The van der Waals surface area contributed by atoms with Crippen LogP contribution in [0.3, 0.4) is 0 Å². The molecule has 1 saturated carbocycles. The fraction of sp³-hybridized carbons (Fsp3) is 0.533. The van der Waals surface area contributed by atoms with E-state index in [9.17, 15) is 0 Å². The fourth-order valence-electron chi connectivity index (χ4n) is 2.64. The van der Waals surface area contributed by atoms with E-state index in [1.54, 1.807) is 7.11 Å². The van der Waals surface area contributed by atoms with Crippen LogP contribution in [-0.4, -0.2) is 13.2 Å². The van der Waals surface area contributed by atoms with Gasteiger partial charge in [0.1, 0.15) is 5.75 Å². The summed E-state index contributed by atoms with van der Waals surface area (Å²) in [5, 5.41) is 12.7. The van der Waals surface area contributed by atoms with Crippen LogP contribution in [0.5, 0.6) is 5.75 Å². The van der Waals surface area contributed by atoms with Crippen molar-refractivity contribution in [1.29, 1.82) is 5.26 Å². The number of benzene rings is 1. The highest BCUT2D eigenvalue weighted by Crippen LogP contribution is 2.28. The molecule has 1 fully saturated rings. The summed E-state index contributed by atoms with van der Waals surface area (Å²) in [7, 11) is 1.68. The molecule has 18 heavy (non-hydrogen) atoms. The van der Waals surface area contributed by atoms with Crippen LogP contribution in [0.4, 0.5) is 0 Å². The van der Waals surface area contributed by atoms with E-state index in [1.165, 1.54) is 5.56 Å². The van der Waals surface area contributed by atoms with Crippen molar-refractivity contribution in [2.75, 3.05) is 7.11 Å². The molecular weight excluding hydrogens is 224 g/mol. The topological polar surface area (TPSA) is 45.0 Å². The minimum Gasteiger partial charge on any atom is -0.497 e. The van der Waals surface area contributed by atoms with Crippen molar-refractivity contribution < 1.29 is 4.74 Å². The first-order valence-electron chi connectivity index (χ1n) is 6.54. The average Bonchev–Trinajstić information content (AvgIpc) is 2.86. The second-order valence-electron chi connectivity index (χ2n) is 4.94. The van der Waals surface area contributed by atoms with Crippen LogP contribution in [-0.2, 0) is 0 Å². The first-order valence-corrected chi connectivity index (χ1v) is 6.54. The van der Waals surface area contributed by atoms with Gasteiger partial charge >= 0.3 is 0 Å². The standard InChI is InChI=1S/C15H20N2O/c1-11(12-5-3-7-14(9-12)18-2)17-15-8-4-6-13(15)10-16/h3,5,7,9,11,13,15,17H,4,6,8H2,1-2H3/t11-,13?,15?/m1/s1. The number of nitriles is 1. The predicted octanol–water partition coefficient (Wildman–Crippen LogP) is 3.04. The largest absolute Gasteiger partial charge is 0.497 e. The first-order chi connectivity index (χ1) is 8.74. The van der Waals surface area contributed by atoms with Crippen molar-refractivity contribution in [3.8, 4) is 11.8 Å². The molecule has 0 radical (unpaired) electrons. The normalized spacial score (nSPS) is 24.5. The van der Waals surface area contributed by atoms with Crippen LogP contribution in [0, 0.1) is 17.2 Å². The summed E-state index contributed by atoms with van der Waals surface area (Å²) in [6.45, 7) is 2.14. The molecule has 3 nitrogen and oxygen atoms in total. The number of nitrogens with one attached hydrogen (secondary N) is 1. The molecule has 96 valence electrons. The van der Waals surface area contributed by atoms with Gasteiger partial charge in [-0.25, -0.2) is 0 Å². The lowest BCUT2D eigenvalue weighted by Gasteiger charge is -2.22. The Morgan fingerprint density at radius 3 is 3.00 bits per heavy atom. The molecule has 1 aromatic rings. The molecule has 0 heterocycles. The zero-order valence-electron chi connectivity index (χ0n) is 11.0. The maximum absolute atomic E-state index is 9.09. The third-order valence-corrected chi connectivity index (χ3v) is 3.74. The monoisotopic (exact) mass is 244 g/mol. The van der Waals surface area contributed by atoms with Crippen LogP contribution in [0.2, 0.25) is 0 Å². The molecule has 0 saturated heterocycles. The zero-order valence-corrected chi connectivity index (χ0v) is 11.0. The number of hydrogen-bond donors (Lipinski definition) is 1. The van der Waals surface area contributed by atoms with E-state index >= 15 is 0 Å². The highest BCUT2D eigenvalue weighted by atomic mass is 16.5. The van der Waals surface area contributed by atoms with Gasteiger partial charge in [0, 0.05) is 12.1 Å². The average molecular weight is 244 g/mol. The molecule has 3 heteroatoms. The summed E-state index contributed by atoms with van der Waals surface area (Å²) >= 11 is 0. The van der Waals surface area contributed by atoms with Crippen molar-refractivity contribution in [1.82, 2.24) is 5.32 Å². The Kier molecular flexibility index (Phi) is 4.22. The zero-order chi connectivity index (χ0) is 13.0. The Labute approximate surface area is 109 Å². The molecule has 0 spiro atoms.